The minimum absolute atomic E-state index is 0.425. The van der Waals surface area contributed by atoms with Gasteiger partial charge in [0.1, 0.15) is 6.61 Å². The number of methoxy groups -OCH3 is 1. The van der Waals surface area contributed by atoms with E-state index >= 15 is 0 Å². The molecule has 0 aromatic carbocycles. The highest BCUT2D eigenvalue weighted by Crippen LogP contribution is 2.24. The molecule has 3 heterocycles. The number of thiophene rings is 1. The zero-order chi connectivity index (χ0) is 19.6. The number of aliphatic imine (C=N–C) groups is 1. The highest BCUT2D eigenvalue weighted by molar-refractivity contribution is 7.14. The van der Waals surface area contributed by atoms with E-state index in [-0.39, 0.29) is 0 Å². The molecule has 0 spiro atoms. The number of piperidine rings is 1. The van der Waals surface area contributed by atoms with Crippen LogP contribution in [0.1, 0.15) is 18.4 Å². The summed E-state index contributed by atoms with van der Waals surface area (Å²) in [4.78, 5) is 11.1. The first-order chi connectivity index (χ1) is 13.8. The molecule has 152 valence electrons. The maximum Gasteiger partial charge on any atom is 0.218 e. The molecule has 2 aromatic rings. The van der Waals surface area contributed by atoms with Gasteiger partial charge in [0.2, 0.25) is 5.88 Å². The fraction of sp³-hybridized carbons (Fsp3) is 0.500. The van der Waals surface area contributed by atoms with E-state index in [1.165, 1.54) is 5.00 Å². The number of hydrogen-bond acceptors (Lipinski definition) is 6. The number of aromatic nitrogens is 1. The van der Waals surface area contributed by atoms with Gasteiger partial charge in [0, 0.05) is 51.6 Å². The Balaban J connectivity index is 1.47. The van der Waals surface area contributed by atoms with E-state index in [1.807, 2.05) is 12.1 Å². The fourth-order valence-electron chi connectivity index (χ4n) is 3.17. The molecular weight excluding hydrogens is 374 g/mol. The second kappa shape index (κ2) is 10.9. The van der Waals surface area contributed by atoms with Gasteiger partial charge >= 0.3 is 0 Å². The maximum atomic E-state index is 5.70. The van der Waals surface area contributed by atoms with Crippen LogP contribution >= 0.6 is 11.3 Å². The van der Waals surface area contributed by atoms with Gasteiger partial charge in [-0.2, -0.15) is 0 Å². The predicted octanol–water partition coefficient (Wildman–Crippen LogP) is 2.50. The third-order valence-electron chi connectivity index (χ3n) is 4.70. The second-order valence-corrected chi connectivity index (χ2v) is 7.52. The molecule has 0 unspecified atom stereocenters. The third-order valence-corrected chi connectivity index (χ3v) is 5.63. The van der Waals surface area contributed by atoms with Crippen molar-refractivity contribution in [1.82, 2.24) is 15.6 Å². The molecule has 8 heteroatoms. The number of hydrogen-bond donors (Lipinski definition) is 2. The van der Waals surface area contributed by atoms with E-state index in [0.717, 1.165) is 37.5 Å². The summed E-state index contributed by atoms with van der Waals surface area (Å²) in [6, 6.07) is 8.65. The van der Waals surface area contributed by atoms with Crippen molar-refractivity contribution in [2.45, 2.75) is 25.4 Å². The van der Waals surface area contributed by atoms with Crippen molar-refractivity contribution in [3.05, 3.63) is 41.4 Å². The quantitative estimate of drug-likeness (QED) is 0.401. The number of ether oxygens (including phenoxy) is 2. The number of nitrogens with zero attached hydrogens (tertiary/aromatic N) is 3. The Hall–Kier alpha value is -2.32. The molecule has 7 nitrogen and oxygen atoms in total. The number of guanidine groups is 1. The first-order valence-electron chi connectivity index (χ1n) is 9.61. The van der Waals surface area contributed by atoms with Crippen LogP contribution < -0.4 is 20.3 Å². The molecule has 0 radical (unpaired) electrons. The standard InChI is InChI=1S/C20H29N5O2S/c1-21-20(23-15-16-5-3-9-22-19(16)27-13-12-26-2)24-17-7-10-25(11-8-17)18-6-4-14-28-18/h3-6,9,14,17H,7-8,10-13,15H2,1-2H3,(H2,21,23,24). The summed E-state index contributed by atoms with van der Waals surface area (Å²) in [5.74, 6) is 1.44. The monoisotopic (exact) mass is 403 g/mol. The van der Waals surface area contributed by atoms with Crippen molar-refractivity contribution in [2.24, 2.45) is 4.99 Å². The van der Waals surface area contributed by atoms with Crippen LogP contribution in [0.3, 0.4) is 0 Å². The molecule has 1 fully saturated rings. The Bertz CT molecular complexity index is 730. The first-order valence-corrected chi connectivity index (χ1v) is 10.5. The summed E-state index contributed by atoms with van der Waals surface area (Å²) in [7, 11) is 3.46. The number of pyridine rings is 1. The van der Waals surface area contributed by atoms with Gasteiger partial charge in [-0.05, 0) is 36.4 Å². The molecule has 0 amide bonds. The highest BCUT2D eigenvalue weighted by atomic mass is 32.1. The summed E-state index contributed by atoms with van der Waals surface area (Å²) in [5.41, 5.74) is 0.995. The molecule has 3 rings (SSSR count). The Morgan fingerprint density at radius 3 is 2.86 bits per heavy atom. The van der Waals surface area contributed by atoms with E-state index in [9.17, 15) is 0 Å². The lowest BCUT2D eigenvalue weighted by atomic mass is 10.1. The van der Waals surface area contributed by atoms with Crippen LogP contribution in [0.15, 0.2) is 40.8 Å². The summed E-state index contributed by atoms with van der Waals surface area (Å²) >= 11 is 1.81. The summed E-state index contributed by atoms with van der Waals surface area (Å²) in [6.07, 6.45) is 3.92. The lowest BCUT2D eigenvalue weighted by Gasteiger charge is -2.33. The highest BCUT2D eigenvalue weighted by Gasteiger charge is 2.20. The largest absolute Gasteiger partial charge is 0.475 e. The molecule has 1 aliphatic rings. The smallest absolute Gasteiger partial charge is 0.218 e. The molecule has 0 saturated carbocycles. The number of rotatable bonds is 8. The molecule has 0 aliphatic carbocycles. The number of nitrogens with one attached hydrogen (secondary N) is 2. The molecule has 0 atom stereocenters. The SMILES string of the molecule is CN=C(NCc1cccnc1OCCOC)NC1CCN(c2cccs2)CC1. The van der Waals surface area contributed by atoms with E-state index in [0.29, 0.717) is 31.7 Å². The molecule has 1 saturated heterocycles. The van der Waals surface area contributed by atoms with Crippen molar-refractivity contribution in [2.75, 3.05) is 45.4 Å². The molecule has 0 bridgehead atoms. The zero-order valence-corrected chi connectivity index (χ0v) is 17.4. The van der Waals surface area contributed by atoms with Crippen molar-refractivity contribution in [3.8, 4) is 5.88 Å². The van der Waals surface area contributed by atoms with Gasteiger partial charge in [-0.3, -0.25) is 4.99 Å². The van der Waals surface area contributed by atoms with E-state index < -0.39 is 0 Å². The third kappa shape index (κ3) is 5.84. The minimum atomic E-state index is 0.425. The molecule has 2 aromatic heterocycles. The number of anilines is 1. The Morgan fingerprint density at radius 1 is 1.29 bits per heavy atom. The van der Waals surface area contributed by atoms with Crippen LogP contribution in [0.4, 0.5) is 5.00 Å². The Labute approximate surface area is 170 Å². The van der Waals surface area contributed by atoms with E-state index in [2.05, 4.69) is 43.0 Å². The van der Waals surface area contributed by atoms with Crippen molar-refractivity contribution in [1.29, 1.82) is 0 Å². The normalized spacial score (nSPS) is 15.5. The molecule has 1 aliphatic heterocycles. The summed E-state index contributed by atoms with van der Waals surface area (Å²) in [6.45, 7) is 3.75. The van der Waals surface area contributed by atoms with Gasteiger partial charge in [-0.25, -0.2) is 4.98 Å². The van der Waals surface area contributed by atoms with Crippen molar-refractivity contribution >= 4 is 22.3 Å². The van der Waals surface area contributed by atoms with Crippen molar-refractivity contribution < 1.29 is 9.47 Å². The van der Waals surface area contributed by atoms with Gasteiger partial charge in [-0.15, -0.1) is 11.3 Å². The Morgan fingerprint density at radius 2 is 2.14 bits per heavy atom. The van der Waals surface area contributed by atoms with E-state index in [4.69, 9.17) is 9.47 Å². The maximum absolute atomic E-state index is 5.70. The summed E-state index contributed by atoms with van der Waals surface area (Å²) < 4.78 is 10.7. The van der Waals surface area contributed by atoms with Gasteiger partial charge in [0.05, 0.1) is 11.6 Å². The van der Waals surface area contributed by atoms with E-state index in [1.54, 1.807) is 31.7 Å². The van der Waals surface area contributed by atoms with Gasteiger partial charge in [0.15, 0.2) is 5.96 Å². The van der Waals surface area contributed by atoms with Gasteiger partial charge in [-0.1, -0.05) is 6.07 Å². The topological polar surface area (TPSA) is 71.0 Å². The zero-order valence-electron chi connectivity index (χ0n) is 16.6. The molecule has 2 N–H and O–H groups in total. The van der Waals surface area contributed by atoms with Crippen LogP contribution in [-0.2, 0) is 11.3 Å². The lowest BCUT2D eigenvalue weighted by molar-refractivity contribution is 0.143. The second-order valence-electron chi connectivity index (χ2n) is 6.59. The fourth-order valence-corrected chi connectivity index (χ4v) is 3.96. The van der Waals surface area contributed by atoms with Gasteiger partial charge in [0.25, 0.3) is 0 Å². The predicted molar refractivity (Wildman–Crippen MR) is 114 cm³/mol. The molecular formula is C20H29N5O2S. The van der Waals surface area contributed by atoms with Crippen LogP contribution in [-0.4, -0.2) is 57.4 Å². The van der Waals surface area contributed by atoms with Crippen LogP contribution in [0.5, 0.6) is 5.88 Å². The average molecular weight is 404 g/mol. The van der Waals surface area contributed by atoms with Crippen molar-refractivity contribution in [3.63, 3.8) is 0 Å². The minimum Gasteiger partial charge on any atom is -0.475 e. The lowest BCUT2D eigenvalue weighted by Crippen LogP contribution is -2.48. The first kappa shape index (κ1) is 20.4. The van der Waals surface area contributed by atoms with Gasteiger partial charge < -0.3 is 25.0 Å². The molecule has 28 heavy (non-hydrogen) atoms. The summed E-state index contributed by atoms with van der Waals surface area (Å²) in [5, 5.41) is 10.4. The average Bonchev–Trinajstić information content (AvgIpc) is 3.27. The van der Waals surface area contributed by atoms with Crippen LogP contribution in [0, 0.1) is 0 Å². The van der Waals surface area contributed by atoms with Crippen LogP contribution in [0.2, 0.25) is 0 Å². The Kier molecular flexibility index (Phi) is 7.93. The van der Waals surface area contributed by atoms with Crippen LogP contribution in [0.25, 0.3) is 0 Å².